The lowest BCUT2D eigenvalue weighted by Gasteiger charge is -2.19. The van der Waals surface area contributed by atoms with Gasteiger partial charge < -0.3 is 14.9 Å². The Labute approximate surface area is 142 Å². The number of aliphatic hydroxyl groups is 1. The molecule has 0 saturated heterocycles. The molecule has 23 heavy (non-hydrogen) atoms. The summed E-state index contributed by atoms with van der Waals surface area (Å²) in [7, 11) is 0. The monoisotopic (exact) mass is 332 g/mol. The van der Waals surface area contributed by atoms with Gasteiger partial charge in [0.15, 0.2) is 0 Å². The number of hydrogen-bond donors (Lipinski definition) is 2. The summed E-state index contributed by atoms with van der Waals surface area (Å²) in [4.78, 5) is 1.01. The van der Waals surface area contributed by atoms with Crippen LogP contribution >= 0.6 is 11.8 Å². The minimum Gasteiger partial charge on any atom is -0.508 e. The van der Waals surface area contributed by atoms with Gasteiger partial charge in [0.05, 0.1) is 6.10 Å². The number of rotatable bonds is 6. The third-order valence-corrected chi connectivity index (χ3v) is 4.60. The molecule has 0 aliphatic rings. The van der Waals surface area contributed by atoms with Crippen molar-refractivity contribution < 1.29 is 14.9 Å². The molecule has 0 aliphatic carbocycles. The second-order valence-electron chi connectivity index (χ2n) is 6.54. The van der Waals surface area contributed by atoms with E-state index in [4.69, 9.17) is 4.74 Å². The van der Waals surface area contributed by atoms with Crippen molar-refractivity contribution in [2.24, 2.45) is 0 Å². The maximum Gasteiger partial charge on any atom is 0.119 e. The summed E-state index contributed by atoms with van der Waals surface area (Å²) in [5.74, 6) is 1.56. The Balaban J connectivity index is 1.77. The molecule has 0 aliphatic heterocycles. The van der Waals surface area contributed by atoms with Crippen LogP contribution in [0.2, 0.25) is 0 Å². The molecule has 0 saturated carbocycles. The lowest BCUT2D eigenvalue weighted by Crippen LogP contribution is -2.20. The summed E-state index contributed by atoms with van der Waals surface area (Å²) in [5.41, 5.74) is 1.38. The molecule has 0 amide bonds. The minimum absolute atomic E-state index is 0.124. The second kappa shape index (κ2) is 7.75. The van der Waals surface area contributed by atoms with Gasteiger partial charge >= 0.3 is 0 Å². The molecule has 2 aromatic rings. The van der Waals surface area contributed by atoms with E-state index < -0.39 is 6.10 Å². The van der Waals surface area contributed by atoms with Gasteiger partial charge in [0.2, 0.25) is 0 Å². The minimum atomic E-state index is -0.545. The zero-order chi connectivity index (χ0) is 16.9. The summed E-state index contributed by atoms with van der Waals surface area (Å²) < 4.78 is 5.64. The van der Waals surface area contributed by atoms with Crippen molar-refractivity contribution in [3.05, 3.63) is 54.1 Å². The van der Waals surface area contributed by atoms with E-state index in [2.05, 4.69) is 32.9 Å². The SMILES string of the molecule is CC(C)(C)c1ccc(OCC(O)CSc2ccc(O)cc2)cc1. The molecule has 3 nitrogen and oxygen atoms in total. The van der Waals surface area contributed by atoms with Crippen molar-refractivity contribution in [1.29, 1.82) is 0 Å². The smallest absolute Gasteiger partial charge is 0.119 e. The van der Waals surface area contributed by atoms with E-state index in [0.29, 0.717) is 5.75 Å². The van der Waals surface area contributed by atoms with E-state index in [1.165, 1.54) is 17.3 Å². The molecule has 2 aromatic carbocycles. The molecule has 0 fully saturated rings. The van der Waals surface area contributed by atoms with Crippen LogP contribution in [-0.2, 0) is 5.41 Å². The normalized spacial score (nSPS) is 12.9. The highest BCUT2D eigenvalue weighted by molar-refractivity contribution is 7.99. The predicted molar refractivity (Wildman–Crippen MR) is 95.5 cm³/mol. The Kier molecular flexibility index (Phi) is 5.97. The van der Waals surface area contributed by atoms with Crippen LogP contribution in [-0.4, -0.2) is 28.7 Å². The molecule has 1 atom stereocenters. The summed E-state index contributed by atoms with van der Waals surface area (Å²) in [5, 5.41) is 19.3. The van der Waals surface area contributed by atoms with Crippen LogP contribution in [0.25, 0.3) is 0 Å². The number of thioether (sulfide) groups is 1. The van der Waals surface area contributed by atoms with Gasteiger partial charge in [0.25, 0.3) is 0 Å². The van der Waals surface area contributed by atoms with Crippen LogP contribution in [0.5, 0.6) is 11.5 Å². The maximum atomic E-state index is 10.0. The molecule has 0 aromatic heterocycles. The van der Waals surface area contributed by atoms with Gasteiger partial charge in [-0.3, -0.25) is 0 Å². The number of benzene rings is 2. The molecule has 0 radical (unpaired) electrons. The Morgan fingerprint density at radius 3 is 2.17 bits per heavy atom. The van der Waals surface area contributed by atoms with E-state index in [1.807, 2.05) is 24.3 Å². The van der Waals surface area contributed by atoms with Crippen molar-refractivity contribution in [2.45, 2.75) is 37.2 Å². The number of aromatic hydroxyl groups is 1. The average molecular weight is 332 g/mol. The Bertz CT molecular complexity index is 600. The quantitative estimate of drug-likeness (QED) is 0.778. The first-order valence-corrected chi connectivity index (χ1v) is 8.66. The third-order valence-electron chi connectivity index (χ3n) is 3.44. The van der Waals surface area contributed by atoms with Crippen molar-refractivity contribution in [1.82, 2.24) is 0 Å². The number of aliphatic hydroxyl groups excluding tert-OH is 1. The fraction of sp³-hybridized carbons (Fsp3) is 0.368. The third kappa shape index (κ3) is 5.81. The topological polar surface area (TPSA) is 49.7 Å². The van der Waals surface area contributed by atoms with E-state index in [0.717, 1.165) is 10.6 Å². The first-order chi connectivity index (χ1) is 10.8. The molecule has 1 unspecified atom stereocenters. The fourth-order valence-corrected chi connectivity index (χ4v) is 2.84. The van der Waals surface area contributed by atoms with Crippen LogP contribution in [0.4, 0.5) is 0 Å². The van der Waals surface area contributed by atoms with Gasteiger partial charge in [-0.25, -0.2) is 0 Å². The van der Waals surface area contributed by atoms with E-state index in [9.17, 15) is 10.2 Å². The summed E-state index contributed by atoms with van der Waals surface area (Å²) in [6.45, 7) is 6.79. The zero-order valence-electron chi connectivity index (χ0n) is 13.8. The molecule has 0 bridgehead atoms. The molecule has 0 spiro atoms. The van der Waals surface area contributed by atoms with Crippen LogP contribution in [0.3, 0.4) is 0 Å². The Morgan fingerprint density at radius 2 is 1.61 bits per heavy atom. The first kappa shape index (κ1) is 17.7. The first-order valence-electron chi connectivity index (χ1n) is 7.68. The molecule has 2 N–H and O–H groups in total. The van der Waals surface area contributed by atoms with Crippen LogP contribution < -0.4 is 4.74 Å². The molecule has 2 rings (SSSR count). The van der Waals surface area contributed by atoms with Gasteiger partial charge in [0, 0.05) is 10.6 Å². The number of phenols is 1. The van der Waals surface area contributed by atoms with Crippen molar-refractivity contribution in [3.8, 4) is 11.5 Å². The van der Waals surface area contributed by atoms with E-state index >= 15 is 0 Å². The fourth-order valence-electron chi connectivity index (χ4n) is 2.03. The second-order valence-corrected chi connectivity index (χ2v) is 7.64. The lowest BCUT2D eigenvalue weighted by atomic mass is 9.87. The maximum absolute atomic E-state index is 10.0. The highest BCUT2D eigenvalue weighted by atomic mass is 32.2. The number of ether oxygens (including phenoxy) is 1. The van der Waals surface area contributed by atoms with Crippen LogP contribution in [0, 0.1) is 0 Å². The van der Waals surface area contributed by atoms with Gasteiger partial charge in [-0.1, -0.05) is 32.9 Å². The highest BCUT2D eigenvalue weighted by Gasteiger charge is 2.13. The highest BCUT2D eigenvalue weighted by Crippen LogP contribution is 2.25. The number of hydrogen-bond acceptors (Lipinski definition) is 4. The Hall–Kier alpha value is -1.65. The molecule has 124 valence electrons. The largest absolute Gasteiger partial charge is 0.508 e. The van der Waals surface area contributed by atoms with Crippen molar-refractivity contribution in [3.63, 3.8) is 0 Å². The van der Waals surface area contributed by atoms with Crippen LogP contribution in [0.15, 0.2) is 53.4 Å². The van der Waals surface area contributed by atoms with Gasteiger partial charge in [-0.15, -0.1) is 11.8 Å². The van der Waals surface area contributed by atoms with E-state index in [1.54, 1.807) is 12.1 Å². The van der Waals surface area contributed by atoms with Gasteiger partial charge in [-0.05, 0) is 47.4 Å². The lowest BCUT2D eigenvalue weighted by molar-refractivity contribution is 0.126. The molecule has 4 heteroatoms. The predicted octanol–water partition coefficient (Wildman–Crippen LogP) is 4.22. The Morgan fingerprint density at radius 1 is 1.00 bits per heavy atom. The molecular formula is C19H24O3S. The molecular weight excluding hydrogens is 308 g/mol. The summed E-state index contributed by atoms with van der Waals surface area (Å²) >= 11 is 1.54. The summed E-state index contributed by atoms with van der Waals surface area (Å²) in [6.07, 6.45) is -0.545. The van der Waals surface area contributed by atoms with E-state index in [-0.39, 0.29) is 17.8 Å². The zero-order valence-corrected chi connectivity index (χ0v) is 14.6. The van der Waals surface area contributed by atoms with Crippen molar-refractivity contribution in [2.75, 3.05) is 12.4 Å². The molecule has 0 heterocycles. The summed E-state index contributed by atoms with van der Waals surface area (Å²) in [6, 6.07) is 15.0. The van der Waals surface area contributed by atoms with Crippen LogP contribution in [0.1, 0.15) is 26.3 Å². The van der Waals surface area contributed by atoms with Crippen molar-refractivity contribution >= 4 is 11.8 Å². The average Bonchev–Trinajstić information content (AvgIpc) is 2.52. The van der Waals surface area contributed by atoms with Gasteiger partial charge in [0.1, 0.15) is 18.1 Å². The van der Waals surface area contributed by atoms with Gasteiger partial charge in [-0.2, -0.15) is 0 Å². The standard InChI is InChI=1S/C19H24O3S/c1-19(2,3)14-4-8-17(9-5-14)22-12-16(21)13-23-18-10-6-15(20)7-11-18/h4-11,16,20-21H,12-13H2,1-3H3. The number of phenolic OH excluding ortho intramolecular Hbond substituents is 1.